The average Bonchev–Trinajstić information content (AvgIpc) is 2.75. The lowest BCUT2D eigenvalue weighted by molar-refractivity contribution is 0.218. The number of aliphatic hydroxyl groups excluding tert-OH is 1. The first-order valence-electron chi connectivity index (χ1n) is 4.81. The summed E-state index contributed by atoms with van der Waals surface area (Å²) in [6.07, 6.45) is 0.674. The molecule has 0 aromatic carbocycles. The minimum absolute atomic E-state index is 0.456. The zero-order valence-electron chi connectivity index (χ0n) is 9.04. The molecule has 0 spiro atoms. The molecule has 84 valence electrons. The Labute approximate surface area is 97.6 Å². The van der Waals surface area contributed by atoms with Crippen molar-refractivity contribution in [2.24, 2.45) is 0 Å². The molecule has 0 amide bonds. The Kier molecular flexibility index (Phi) is 3.17. The average molecular weight is 236 g/mol. The standard InChI is InChI=1S/C11H12N2O2S/c1-7-3-4-9(16-7)11(14)8-5-10(15-2)13-6-12-8/h3-6,11,14H,1-2H3. The van der Waals surface area contributed by atoms with E-state index in [0.717, 1.165) is 9.75 Å². The predicted molar refractivity (Wildman–Crippen MR) is 61.7 cm³/mol. The van der Waals surface area contributed by atoms with Crippen molar-refractivity contribution in [3.63, 3.8) is 0 Å². The van der Waals surface area contributed by atoms with Gasteiger partial charge in [-0.1, -0.05) is 0 Å². The number of hydrogen-bond acceptors (Lipinski definition) is 5. The van der Waals surface area contributed by atoms with Crippen molar-refractivity contribution in [3.8, 4) is 5.88 Å². The minimum atomic E-state index is -0.712. The number of thiophene rings is 1. The van der Waals surface area contributed by atoms with Crippen LogP contribution in [0.25, 0.3) is 0 Å². The SMILES string of the molecule is COc1cc(C(O)c2ccc(C)s2)ncn1. The monoisotopic (exact) mass is 236 g/mol. The molecule has 1 unspecified atom stereocenters. The molecule has 0 aliphatic heterocycles. The van der Waals surface area contributed by atoms with E-state index >= 15 is 0 Å². The summed E-state index contributed by atoms with van der Waals surface area (Å²) in [5, 5.41) is 10.1. The third kappa shape index (κ3) is 2.20. The van der Waals surface area contributed by atoms with Crippen LogP contribution in [0.2, 0.25) is 0 Å². The van der Waals surface area contributed by atoms with Gasteiger partial charge in [0.1, 0.15) is 12.4 Å². The molecule has 0 saturated carbocycles. The van der Waals surface area contributed by atoms with Gasteiger partial charge in [-0.15, -0.1) is 11.3 Å². The molecule has 16 heavy (non-hydrogen) atoms. The Bertz CT molecular complexity index is 484. The smallest absolute Gasteiger partial charge is 0.216 e. The fraction of sp³-hybridized carbons (Fsp3) is 0.273. The van der Waals surface area contributed by atoms with E-state index in [1.807, 2.05) is 19.1 Å². The number of aromatic nitrogens is 2. The van der Waals surface area contributed by atoms with E-state index in [9.17, 15) is 5.11 Å². The van der Waals surface area contributed by atoms with E-state index in [1.54, 1.807) is 17.4 Å². The second-order valence-electron chi connectivity index (χ2n) is 3.34. The van der Waals surface area contributed by atoms with Crippen molar-refractivity contribution < 1.29 is 9.84 Å². The number of ether oxygens (including phenoxy) is 1. The van der Waals surface area contributed by atoms with E-state index in [1.165, 1.54) is 13.4 Å². The van der Waals surface area contributed by atoms with E-state index in [2.05, 4.69) is 9.97 Å². The number of aryl methyl sites for hydroxylation is 1. The lowest BCUT2D eigenvalue weighted by Crippen LogP contribution is -2.01. The Hall–Kier alpha value is -1.46. The van der Waals surface area contributed by atoms with Gasteiger partial charge in [-0.2, -0.15) is 0 Å². The lowest BCUT2D eigenvalue weighted by atomic mass is 10.2. The highest BCUT2D eigenvalue weighted by atomic mass is 32.1. The molecule has 2 heterocycles. The molecular formula is C11H12N2O2S. The summed E-state index contributed by atoms with van der Waals surface area (Å²) in [5.41, 5.74) is 0.550. The second kappa shape index (κ2) is 4.59. The lowest BCUT2D eigenvalue weighted by Gasteiger charge is -2.08. The van der Waals surface area contributed by atoms with Crippen LogP contribution in [0.1, 0.15) is 21.6 Å². The highest BCUT2D eigenvalue weighted by Gasteiger charge is 2.14. The van der Waals surface area contributed by atoms with Gasteiger partial charge in [0.25, 0.3) is 0 Å². The van der Waals surface area contributed by atoms with Gasteiger partial charge < -0.3 is 9.84 Å². The fourth-order valence-electron chi connectivity index (χ4n) is 1.36. The molecule has 0 aliphatic rings. The van der Waals surface area contributed by atoms with Crippen LogP contribution >= 0.6 is 11.3 Å². The van der Waals surface area contributed by atoms with Crippen molar-refractivity contribution in [1.29, 1.82) is 0 Å². The summed E-state index contributed by atoms with van der Waals surface area (Å²) in [5.74, 6) is 0.456. The van der Waals surface area contributed by atoms with E-state index in [-0.39, 0.29) is 0 Å². The Balaban J connectivity index is 2.29. The van der Waals surface area contributed by atoms with Crippen molar-refractivity contribution in [2.75, 3.05) is 7.11 Å². The summed E-state index contributed by atoms with van der Waals surface area (Å²) in [4.78, 5) is 9.97. The first-order chi connectivity index (χ1) is 7.70. The maximum atomic E-state index is 10.1. The number of rotatable bonds is 3. The van der Waals surface area contributed by atoms with Crippen LogP contribution in [0.5, 0.6) is 5.88 Å². The molecule has 2 rings (SSSR count). The van der Waals surface area contributed by atoms with Crippen LogP contribution in [0.3, 0.4) is 0 Å². The van der Waals surface area contributed by atoms with Crippen LogP contribution in [0.15, 0.2) is 24.5 Å². The molecular weight excluding hydrogens is 224 g/mol. The Morgan fingerprint density at radius 3 is 2.81 bits per heavy atom. The molecule has 5 heteroatoms. The molecule has 0 bridgehead atoms. The van der Waals surface area contributed by atoms with Crippen molar-refractivity contribution >= 4 is 11.3 Å². The van der Waals surface area contributed by atoms with Gasteiger partial charge >= 0.3 is 0 Å². The zero-order valence-corrected chi connectivity index (χ0v) is 9.86. The molecule has 0 saturated heterocycles. The minimum Gasteiger partial charge on any atom is -0.481 e. The van der Waals surface area contributed by atoms with Gasteiger partial charge in [-0.3, -0.25) is 0 Å². The summed E-state index contributed by atoms with van der Waals surface area (Å²) in [7, 11) is 1.54. The van der Waals surface area contributed by atoms with Crippen LogP contribution in [0.4, 0.5) is 0 Å². The number of aliphatic hydroxyl groups is 1. The van der Waals surface area contributed by atoms with E-state index in [4.69, 9.17) is 4.74 Å². The van der Waals surface area contributed by atoms with E-state index < -0.39 is 6.10 Å². The topological polar surface area (TPSA) is 55.2 Å². The summed E-state index contributed by atoms with van der Waals surface area (Å²) < 4.78 is 4.99. The van der Waals surface area contributed by atoms with Gasteiger partial charge in [0.05, 0.1) is 12.8 Å². The maximum Gasteiger partial charge on any atom is 0.216 e. The largest absolute Gasteiger partial charge is 0.481 e. The zero-order chi connectivity index (χ0) is 11.5. The molecule has 2 aromatic heterocycles. The third-order valence-corrected chi connectivity index (χ3v) is 3.24. The Morgan fingerprint density at radius 2 is 2.19 bits per heavy atom. The summed E-state index contributed by atoms with van der Waals surface area (Å²) in [6, 6.07) is 5.51. The fourth-order valence-corrected chi connectivity index (χ4v) is 2.24. The van der Waals surface area contributed by atoms with Gasteiger partial charge in [0, 0.05) is 15.8 Å². The number of hydrogen-bond donors (Lipinski definition) is 1. The van der Waals surface area contributed by atoms with Crippen LogP contribution in [-0.2, 0) is 0 Å². The first-order valence-corrected chi connectivity index (χ1v) is 5.62. The van der Waals surface area contributed by atoms with Crippen LogP contribution in [0, 0.1) is 6.92 Å². The molecule has 4 nitrogen and oxygen atoms in total. The first kappa shape index (κ1) is 11.0. The van der Waals surface area contributed by atoms with Crippen LogP contribution in [-0.4, -0.2) is 22.2 Å². The highest BCUT2D eigenvalue weighted by Crippen LogP contribution is 2.27. The summed E-state index contributed by atoms with van der Waals surface area (Å²) >= 11 is 1.55. The van der Waals surface area contributed by atoms with Crippen molar-refractivity contribution in [3.05, 3.63) is 40.0 Å². The van der Waals surface area contributed by atoms with Crippen LogP contribution < -0.4 is 4.74 Å². The van der Waals surface area contributed by atoms with E-state index in [0.29, 0.717) is 11.6 Å². The summed E-state index contributed by atoms with van der Waals surface area (Å²) in [6.45, 7) is 2.00. The Morgan fingerprint density at radius 1 is 1.38 bits per heavy atom. The van der Waals surface area contributed by atoms with Gasteiger partial charge in [0.15, 0.2) is 0 Å². The second-order valence-corrected chi connectivity index (χ2v) is 4.66. The molecule has 0 aliphatic carbocycles. The van der Waals surface area contributed by atoms with Crippen molar-refractivity contribution in [2.45, 2.75) is 13.0 Å². The predicted octanol–water partition coefficient (Wildman–Crippen LogP) is 1.94. The normalized spacial score (nSPS) is 12.4. The highest BCUT2D eigenvalue weighted by molar-refractivity contribution is 7.12. The number of nitrogens with zero attached hydrogens (tertiary/aromatic N) is 2. The quantitative estimate of drug-likeness (QED) is 0.884. The molecule has 0 fully saturated rings. The van der Waals surface area contributed by atoms with Gasteiger partial charge in [-0.25, -0.2) is 9.97 Å². The van der Waals surface area contributed by atoms with Gasteiger partial charge in [-0.05, 0) is 19.1 Å². The maximum absolute atomic E-state index is 10.1. The molecule has 1 atom stereocenters. The number of methoxy groups -OCH3 is 1. The molecule has 2 aromatic rings. The van der Waals surface area contributed by atoms with Crippen molar-refractivity contribution in [1.82, 2.24) is 9.97 Å². The van der Waals surface area contributed by atoms with Gasteiger partial charge in [0.2, 0.25) is 5.88 Å². The molecule has 0 radical (unpaired) electrons. The third-order valence-electron chi connectivity index (χ3n) is 2.18. The molecule has 1 N–H and O–H groups in total.